The van der Waals surface area contributed by atoms with Crippen molar-refractivity contribution in [3.8, 4) is 5.75 Å². The van der Waals surface area contributed by atoms with Crippen molar-refractivity contribution in [1.82, 2.24) is 0 Å². The topological polar surface area (TPSA) is 69.4 Å². The molecule has 2 N–H and O–H groups in total. The molecular formula is C14H23NO3S. The molecule has 1 rings (SSSR count). The lowest BCUT2D eigenvalue weighted by Gasteiger charge is -2.23. The number of primary sulfonamides is 1. The van der Waals surface area contributed by atoms with E-state index in [0.29, 0.717) is 6.42 Å². The highest BCUT2D eigenvalue weighted by Gasteiger charge is 2.31. The maximum Gasteiger partial charge on any atom is 0.214 e. The summed E-state index contributed by atoms with van der Waals surface area (Å²) in [6.07, 6.45) is 0.377. The standard InChI is InChI=1S/C14H23NO3S/c1-13(2,3)18-12-8-6-11(7-9-12)10-14(4,5)19(15,16)17/h6-9H,10H2,1-5H3,(H2,15,16,17). The third-order valence-corrected chi connectivity index (χ3v) is 4.43. The predicted molar refractivity (Wildman–Crippen MR) is 77.7 cm³/mol. The van der Waals surface area contributed by atoms with E-state index in [4.69, 9.17) is 9.88 Å². The lowest BCUT2D eigenvalue weighted by Crippen LogP contribution is -2.39. The third-order valence-electron chi connectivity index (χ3n) is 2.75. The number of ether oxygens (including phenoxy) is 1. The largest absolute Gasteiger partial charge is 0.488 e. The Labute approximate surface area is 116 Å². The Morgan fingerprint density at radius 1 is 1.05 bits per heavy atom. The van der Waals surface area contributed by atoms with Gasteiger partial charge in [-0.1, -0.05) is 12.1 Å². The van der Waals surface area contributed by atoms with E-state index >= 15 is 0 Å². The minimum Gasteiger partial charge on any atom is -0.488 e. The molecule has 1 aromatic carbocycles. The van der Waals surface area contributed by atoms with Gasteiger partial charge in [0.2, 0.25) is 10.0 Å². The summed E-state index contributed by atoms with van der Waals surface area (Å²) in [4.78, 5) is 0. The first-order valence-electron chi connectivity index (χ1n) is 6.21. The van der Waals surface area contributed by atoms with Crippen LogP contribution < -0.4 is 9.88 Å². The number of hydrogen-bond acceptors (Lipinski definition) is 3. The minimum atomic E-state index is -3.57. The van der Waals surface area contributed by atoms with E-state index < -0.39 is 14.8 Å². The normalized spacial score (nSPS) is 13.4. The van der Waals surface area contributed by atoms with E-state index in [1.165, 1.54) is 0 Å². The fourth-order valence-corrected chi connectivity index (χ4v) is 1.99. The van der Waals surface area contributed by atoms with Crippen LogP contribution in [-0.2, 0) is 16.4 Å². The summed E-state index contributed by atoms with van der Waals surface area (Å²) in [5, 5.41) is 5.22. The van der Waals surface area contributed by atoms with Crippen LogP contribution in [0, 0.1) is 0 Å². The highest BCUT2D eigenvalue weighted by atomic mass is 32.2. The van der Waals surface area contributed by atoms with Crippen LogP contribution >= 0.6 is 0 Å². The fraction of sp³-hybridized carbons (Fsp3) is 0.571. The summed E-state index contributed by atoms with van der Waals surface area (Å²) >= 11 is 0. The molecule has 0 radical (unpaired) electrons. The second kappa shape index (κ2) is 5.13. The summed E-state index contributed by atoms with van der Waals surface area (Å²) in [7, 11) is -3.57. The summed E-state index contributed by atoms with van der Waals surface area (Å²) in [5.41, 5.74) is 0.668. The van der Waals surface area contributed by atoms with Gasteiger partial charge in [0.05, 0.1) is 4.75 Å². The molecule has 0 spiro atoms. The van der Waals surface area contributed by atoms with Crippen molar-refractivity contribution in [2.24, 2.45) is 5.14 Å². The molecule has 1 aromatic rings. The Balaban J connectivity index is 2.84. The Kier molecular flexibility index (Phi) is 4.32. The van der Waals surface area contributed by atoms with Gasteiger partial charge < -0.3 is 4.74 Å². The highest BCUT2D eigenvalue weighted by Crippen LogP contribution is 2.23. The van der Waals surface area contributed by atoms with Crippen LogP contribution in [0.3, 0.4) is 0 Å². The van der Waals surface area contributed by atoms with Gasteiger partial charge in [0, 0.05) is 0 Å². The second-order valence-electron chi connectivity index (χ2n) is 6.34. The van der Waals surface area contributed by atoms with Gasteiger partial charge in [-0.15, -0.1) is 0 Å². The van der Waals surface area contributed by atoms with Gasteiger partial charge in [-0.05, 0) is 58.7 Å². The van der Waals surface area contributed by atoms with Crippen LogP contribution in [-0.4, -0.2) is 18.8 Å². The van der Waals surface area contributed by atoms with Crippen molar-refractivity contribution >= 4 is 10.0 Å². The molecule has 0 heterocycles. The van der Waals surface area contributed by atoms with Crippen molar-refractivity contribution in [3.05, 3.63) is 29.8 Å². The van der Waals surface area contributed by atoms with Crippen molar-refractivity contribution in [2.45, 2.75) is 51.4 Å². The zero-order chi connectivity index (χ0) is 14.9. The molecular weight excluding hydrogens is 262 g/mol. The van der Waals surface area contributed by atoms with Crippen LogP contribution in [0.1, 0.15) is 40.2 Å². The van der Waals surface area contributed by atoms with Crippen molar-refractivity contribution in [3.63, 3.8) is 0 Å². The van der Waals surface area contributed by atoms with Crippen molar-refractivity contribution < 1.29 is 13.2 Å². The zero-order valence-corrected chi connectivity index (χ0v) is 13.0. The van der Waals surface area contributed by atoms with Crippen molar-refractivity contribution in [2.75, 3.05) is 0 Å². The van der Waals surface area contributed by atoms with E-state index in [1.54, 1.807) is 13.8 Å². The van der Waals surface area contributed by atoms with Crippen LogP contribution in [0.4, 0.5) is 0 Å². The maximum absolute atomic E-state index is 11.5. The van der Waals surface area contributed by atoms with E-state index in [1.807, 2.05) is 45.0 Å². The molecule has 19 heavy (non-hydrogen) atoms. The number of nitrogens with two attached hydrogens (primary N) is 1. The molecule has 0 fully saturated rings. The predicted octanol–water partition coefficient (Wildman–Crippen LogP) is 2.47. The van der Waals surface area contributed by atoms with E-state index in [0.717, 1.165) is 11.3 Å². The summed E-state index contributed by atoms with van der Waals surface area (Å²) in [5.74, 6) is 0.768. The van der Waals surface area contributed by atoms with E-state index in [2.05, 4.69) is 0 Å². The molecule has 0 aliphatic heterocycles. The molecule has 4 nitrogen and oxygen atoms in total. The van der Waals surface area contributed by atoms with Gasteiger partial charge in [-0.3, -0.25) is 0 Å². The Hall–Kier alpha value is -1.07. The van der Waals surface area contributed by atoms with E-state index in [9.17, 15) is 8.42 Å². The number of sulfonamides is 1. The molecule has 0 saturated carbocycles. The molecule has 0 aliphatic carbocycles. The third kappa shape index (κ3) is 4.84. The Bertz CT molecular complexity index is 525. The van der Waals surface area contributed by atoms with Gasteiger partial charge in [0.1, 0.15) is 11.4 Å². The molecule has 0 aliphatic rings. The molecule has 0 bridgehead atoms. The van der Waals surface area contributed by atoms with Gasteiger partial charge in [-0.25, -0.2) is 13.6 Å². The summed E-state index contributed by atoms with van der Waals surface area (Å²) in [6.45, 7) is 9.19. The molecule has 0 saturated heterocycles. The molecule has 0 unspecified atom stereocenters. The molecule has 0 amide bonds. The molecule has 108 valence electrons. The first-order chi connectivity index (χ1) is 8.41. The van der Waals surface area contributed by atoms with Crippen LogP contribution in [0.15, 0.2) is 24.3 Å². The average molecular weight is 285 g/mol. The van der Waals surface area contributed by atoms with Crippen LogP contribution in [0.5, 0.6) is 5.75 Å². The van der Waals surface area contributed by atoms with Gasteiger partial charge in [0.25, 0.3) is 0 Å². The lowest BCUT2D eigenvalue weighted by atomic mass is 10.0. The quantitative estimate of drug-likeness (QED) is 0.924. The summed E-state index contributed by atoms with van der Waals surface area (Å²) < 4.78 is 27.7. The maximum atomic E-state index is 11.5. The minimum absolute atomic E-state index is 0.249. The number of hydrogen-bond donors (Lipinski definition) is 1. The number of rotatable bonds is 4. The molecule has 5 heteroatoms. The van der Waals surface area contributed by atoms with Gasteiger partial charge in [0.15, 0.2) is 0 Å². The highest BCUT2D eigenvalue weighted by molar-refractivity contribution is 7.90. The smallest absolute Gasteiger partial charge is 0.214 e. The SMILES string of the molecule is CC(C)(C)Oc1ccc(CC(C)(C)S(N)(=O)=O)cc1. The molecule has 0 atom stereocenters. The van der Waals surface area contributed by atoms with Gasteiger partial charge >= 0.3 is 0 Å². The van der Waals surface area contributed by atoms with Gasteiger partial charge in [-0.2, -0.15) is 0 Å². The van der Waals surface area contributed by atoms with E-state index in [-0.39, 0.29) is 5.60 Å². The summed E-state index contributed by atoms with van der Waals surface area (Å²) in [6, 6.07) is 7.43. The monoisotopic (exact) mass is 285 g/mol. The Morgan fingerprint density at radius 3 is 1.89 bits per heavy atom. The fourth-order valence-electron chi connectivity index (χ4n) is 1.62. The zero-order valence-electron chi connectivity index (χ0n) is 12.2. The lowest BCUT2D eigenvalue weighted by molar-refractivity contribution is 0.131. The second-order valence-corrected chi connectivity index (χ2v) is 8.54. The average Bonchev–Trinajstić information content (AvgIpc) is 2.16. The Morgan fingerprint density at radius 2 is 1.53 bits per heavy atom. The first-order valence-corrected chi connectivity index (χ1v) is 7.76. The van der Waals surface area contributed by atoms with Crippen LogP contribution in [0.2, 0.25) is 0 Å². The molecule has 0 aromatic heterocycles. The first kappa shape index (κ1) is 16.0. The number of benzene rings is 1. The van der Waals surface area contributed by atoms with Crippen LogP contribution in [0.25, 0.3) is 0 Å². The van der Waals surface area contributed by atoms with Crippen molar-refractivity contribution in [1.29, 1.82) is 0 Å².